The predicted octanol–water partition coefficient (Wildman–Crippen LogP) is 5.52. The monoisotopic (exact) mass is 391 g/mol. The summed E-state index contributed by atoms with van der Waals surface area (Å²) in [6, 6.07) is 16.1. The van der Waals surface area contributed by atoms with Gasteiger partial charge in [-0.05, 0) is 69.7 Å². The van der Waals surface area contributed by atoms with Gasteiger partial charge in [0, 0.05) is 30.7 Å². The summed E-state index contributed by atoms with van der Waals surface area (Å²) in [6.45, 7) is 11.0. The van der Waals surface area contributed by atoms with Crippen molar-refractivity contribution in [2.24, 2.45) is 0 Å². The Morgan fingerprint density at radius 3 is 2.45 bits per heavy atom. The molecule has 0 aliphatic heterocycles. The van der Waals surface area contributed by atoms with E-state index in [1.165, 1.54) is 11.3 Å². The summed E-state index contributed by atoms with van der Waals surface area (Å²) in [6.07, 6.45) is 1.74. The summed E-state index contributed by atoms with van der Waals surface area (Å²) in [5, 5.41) is 6.64. The highest BCUT2D eigenvalue weighted by molar-refractivity contribution is 5.67. The average Bonchev–Trinajstić information content (AvgIpc) is 2.73. The number of ether oxygens (including phenoxy) is 1. The normalized spacial score (nSPS) is 10.5. The lowest BCUT2D eigenvalue weighted by molar-refractivity contribution is 0.342. The van der Waals surface area contributed by atoms with Crippen LogP contribution in [-0.2, 0) is 0 Å². The minimum absolute atomic E-state index is 0.513. The summed E-state index contributed by atoms with van der Waals surface area (Å²) < 4.78 is 5.66. The summed E-state index contributed by atoms with van der Waals surface area (Å²) in [7, 11) is 0. The Kier molecular flexibility index (Phi) is 6.89. The maximum Gasteiger partial charge on any atom is 0.229 e. The molecule has 0 unspecified atom stereocenters. The predicted molar refractivity (Wildman–Crippen MR) is 121 cm³/mol. The van der Waals surface area contributed by atoms with E-state index in [1.54, 1.807) is 6.20 Å². The van der Waals surface area contributed by atoms with Gasteiger partial charge in [-0.2, -0.15) is 4.98 Å². The van der Waals surface area contributed by atoms with Crippen molar-refractivity contribution >= 4 is 28.8 Å². The largest absolute Gasteiger partial charge is 0.492 e. The van der Waals surface area contributed by atoms with Gasteiger partial charge in [0.05, 0.1) is 12.3 Å². The second kappa shape index (κ2) is 9.78. The molecule has 0 atom stereocenters. The smallest absolute Gasteiger partial charge is 0.229 e. The van der Waals surface area contributed by atoms with Crippen molar-refractivity contribution in [3.8, 4) is 5.75 Å². The fourth-order valence-electron chi connectivity index (χ4n) is 3.17. The van der Waals surface area contributed by atoms with Crippen LogP contribution in [0.2, 0.25) is 0 Å². The first-order valence-corrected chi connectivity index (χ1v) is 10.1. The molecule has 0 spiro atoms. The molecule has 0 saturated heterocycles. The molecule has 29 heavy (non-hydrogen) atoms. The van der Waals surface area contributed by atoms with Crippen molar-refractivity contribution < 1.29 is 4.74 Å². The molecule has 0 amide bonds. The lowest BCUT2D eigenvalue weighted by atomic mass is 10.1. The van der Waals surface area contributed by atoms with Crippen molar-refractivity contribution in [3.05, 3.63) is 60.3 Å². The van der Waals surface area contributed by atoms with Gasteiger partial charge in [0.15, 0.2) is 0 Å². The van der Waals surface area contributed by atoms with E-state index in [-0.39, 0.29) is 0 Å². The maximum atomic E-state index is 5.66. The molecule has 0 saturated carbocycles. The Hall–Kier alpha value is -3.28. The molecular formula is C23H29N5O. The van der Waals surface area contributed by atoms with Crippen molar-refractivity contribution in [1.82, 2.24) is 9.97 Å². The van der Waals surface area contributed by atoms with E-state index < -0.39 is 0 Å². The van der Waals surface area contributed by atoms with Gasteiger partial charge in [0.2, 0.25) is 5.95 Å². The average molecular weight is 392 g/mol. The second-order valence-corrected chi connectivity index (χ2v) is 6.62. The molecule has 0 fully saturated rings. The van der Waals surface area contributed by atoms with Crippen LogP contribution in [0.4, 0.5) is 28.8 Å². The highest BCUT2D eigenvalue weighted by Gasteiger charge is 2.08. The quantitative estimate of drug-likeness (QED) is 0.501. The van der Waals surface area contributed by atoms with E-state index in [0.717, 1.165) is 36.0 Å². The number of anilines is 5. The molecule has 1 aromatic heterocycles. The molecule has 2 N–H and O–H groups in total. The van der Waals surface area contributed by atoms with Crippen LogP contribution in [0.15, 0.2) is 54.7 Å². The zero-order valence-electron chi connectivity index (χ0n) is 17.6. The number of aromatic nitrogens is 2. The van der Waals surface area contributed by atoms with E-state index in [0.29, 0.717) is 12.6 Å². The number of nitrogens with zero attached hydrogens (tertiary/aromatic N) is 3. The lowest BCUT2D eigenvalue weighted by Crippen LogP contribution is -2.21. The van der Waals surface area contributed by atoms with Crippen molar-refractivity contribution in [2.45, 2.75) is 27.7 Å². The molecule has 0 radical (unpaired) electrons. The van der Waals surface area contributed by atoms with Gasteiger partial charge in [0.25, 0.3) is 0 Å². The van der Waals surface area contributed by atoms with Crippen LogP contribution in [0, 0.1) is 6.92 Å². The molecule has 6 nitrogen and oxygen atoms in total. The van der Waals surface area contributed by atoms with Crippen LogP contribution in [0.25, 0.3) is 0 Å². The van der Waals surface area contributed by atoms with Crippen LogP contribution >= 0.6 is 0 Å². The molecule has 0 aliphatic rings. The third-order valence-corrected chi connectivity index (χ3v) is 4.69. The Balaban J connectivity index is 1.77. The van der Waals surface area contributed by atoms with Crippen LogP contribution in [0.5, 0.6) is 5.75 Å². The molecule has 2 aromatic carbocycles. The number of aryl methyl sites for hydroxylation is 1. The van der Waals surface area contributed by atoms with Crippen LogP contribution in [0.3, 0.4) is 0 Å². The number of nitrogens with one attached hydrogen (secondary N) is 2. The maximum absolute atomic E-state index is 5.66. The molecule has 3 rings (SSSR count). The first-order chi connectivity index (χ1) is 14.1. The van der Waals surface area contributed by atoms with Crippen LogP contribution in [-0.4, -0.2) is 29.7 Å². The summed E-state index contributed by atoms with van der Waals surface area (Å²) in [5.41, 5.74) is 4.27. The molecule has 1 heterocycles. The number of hydrogen-bond donors (Lipinski definition) is 2. The van der Waals surface area contributed by atoms with Gasteiger partial charge in [-0.3, -0.25) is 0 Å². The van der Waals surface area contributed by atoms with Gasteiger partial charge in [0.1, 0.15) is 11.6 Å². The number of rotatable bonds is 9. The number of para-hydroxylation sites is 2. The summed E-state index contributed by atoms with van der Waals surface area (Å²) >= 11 is 0. The first kappa shape index (κ1) is 20.5. The molecule has 0 aliphatic carbocycles. The SMILES string of the molecule is CCOc1ccccc1Nc1nccc(Nc2ccc(N(CC)CC)cc2C)n1. The third-order valence-electron chi connectivity index (χ3n) is 4.69. The zero-order chi connectivity index (χ0) is 20.6. The van der Waals surface area contributed by atoms with E-state index in [1.807, 2.05) is 37.3 Å². The molecule has 6 heteroatoms. The van der Waals surface area contributed by atoms with Crippen molar-refractivity contribution in [2.75, 3.05) is 35.2 Å². The minimum Gasteiger partial charge on any atom is -0.492 e. The Morgan fingerprint density at radius 1 is 0.931 bits per heavy atom. The molecule has 152 valence electrons. The molecule has 3 aromatic rings. The summed E-state index contributed by atoms with van der Waals surface area (Å²) in [5.74, 6) is 2.02. The molecular weight excluding hydrogens is 362 g/mol. The Bertz CT molecular complexity index is 940. The summed E-state index contributed by atoms with van der Waals surface area (Å²) in [4.78, 5) is 11.3. The molecule has 0 bridgehead atoms. The number of benzene rings is 2. The number of hydrogen-bond acceptors (Lipinski definition) is 6. The van der Waals surface area contributed by atoms with E-state index in [9.17, 15) is 0 Å². The Labute approximate surface area is 173 Å². The third kappa shape index (κ3) is 5.16. The topological polar surface area (TPSA) is 62.3 Å². The van der Waals surface area contributed by atoms with Gasteiger partial charge >= 0.3 is 0 Å². The first-order valence-electron chi connectivity index (χ1n) is 10.1. The Morgan fingerprint density at radius 2 is 1.72 bits per heavy atom. The van der Waals surface area contributed by atoms with E-state index >= 15 is 0 Å². The zero-order valence-corrected chi connectivity index (χ0v) is 17.6. The standard InChI is InChI=1S/C23H29N5O/c1-5-28(6-2)18-12-13-19(17(4)16-18)25-22-14-15-24-23(27-22)26-20-10-8-9-11-21(20)29-7-3/h8-16H,5-7H2,1-4H3,(H2,24,25,26,27). The fourth-order valence-corrected chi connectivity index (χ4v) is 3.17. The fraction of sp³-hybridized carbons (Fsp3) is 0.304. The van der Waals surface area contributed by atoms with Gasteiger partial charge in [-0.1, -0.05) is 12.1 Å². The van der Waals surface area contributed by atoms with Gasteiger partial charge < -0.3 is 20.3 Å². The minimum atomic E-state index is 0.513. The highest BCUT2D eigenvalue weighted by atomic mass is 16.5. The lowest BCUT2D eigenvalue weighted by Gasteiger charge is -2.22. The van der Waals surface area contributed by atoms with Crippen LogP contribution in [0.1, 0.15) is 26.3 Å². The van der Waals surface area contributed by atoms with Gasteiger partial charge in [-0.25, -0.2) is 4.98 Å². The highest BCUT2D eigenvalue weighted by Crippen LogP contribution is 2.28. The van der Waals surface area contributed by atoms with Gasteiger partial charge in [-0.15, -0.1) is 0 Å². The van der Waals surface area contributed by atoms with E-state index in [2.05, 4.69) is 64.5 Å². The van der Waals surface area contributed by atoms with E-state index in [4.69, 9.17) is 4.74 Å². The van der Waals surface area contributed by atoms with Crippen molar-refractivity contribution in [1.29, 1.82) is 0 Å². The second-order valence-electron chi connectivity index (χ2n) is 6.62. The van der Waals surface area contributed by atoms with Crippen LogP contribution < -0.4 is 20.3 Å². The van der Waals surface area contributed by atoms with Crippen molar-refractivity contribution in [3.63, 3.8) is 0 Å².